The third-order valence-electron chi connectivity index (χ3n) is 2.91. The SMILES string of the molecule is Cc1ccc(SCC(=O)Nc2cc(C(C)C)no2)c(N)c1. The summed E-state index contributed by atoms with van der Waals surface area (Å²) in [5.74, 6) is 0.763. The molecular formula is C15H19N3O2S. The molecule has 5 nitrogen and oxygen atoms in total. The van der Waals surface area contributed by atoms with Crippen molar-refractivity contribution in [2.75, 3.05) is 16.8 Å². The number of nitrogens with one attached hydrogen (secondary N) is 1. The molecule has 0 atom stereocenters. The Labute approximate surface area is 128 Å². The highest BCUT2D eigenvalue weighted by Gasteiger charge is 2.11. The summed E-state index contributed by atoms with van der Waals surface area (Å²) in [5, 5.41) is 6.58. The molecule has 2 rings (SSSR count). The smallest absolute Gasteiger partial charge is 0.237 e. The number of aromatic nitrogens is 1. The van der Waals surface area contributed by atoms with Gasteiger partial charge < -0.3 is 10.3 Å². The van der Waals surface area contributed by atoms with E-state index in [9.17, 15) is 4.79 Å². The van der Waals surface area contributed by atoms with Gasteiger partial charge in [-0.1, -0.05) is 25.1 Å². The first kappa shape index (κ1) is 15.4. The van der Waals surface area contributed by atoms with E-state index in [-0.39, 0.29) is 17.6 Å². The summed E-state index contributed by atoms with van der Waals surface area (Å²) >= 11 is 1.40. The number of anilines is 2. The topological polar surface area (TPSA) is 81.2 Å². The molecule has 112 valence electrons. The quantitative estimate of drug-likeness (QED) is 0.653. The molecule has 0 saturated carbocycles. The molecule has 21 heavy (non-hydrogen) atoms. The van der Waals surface area contributed by atoms with Crippen LogP contribution in [0.4, 0.5) is 11.6 Å². The van der Waals surface area contributed by atoms with Crippen LogP contribution in [0.5, 0.6) is 0 Å². The summed E-state index contributed by atoms with van der Waals surface area (Å²) < 4.78 is 5.07. The number of nitrogens with zero attached hydrogens (tertiary/aromatic N) is 1. The highest BCUT2D eigenvalue weighted by molar-refractivity contribution is 8.00. The van der Waals surface area contributed by atoms with Crippen LogP contribution in [0.15, 0.2) is 33.7 Å². The van der Waals surface area contributed by atoms with Crippen LogP contribution < -0.4 is 11.1 Å². The molecule has 0 aliphatic rings. The normalized spacial score (nSPS) is 10.9. The van der Waals surface area contributed by atoms with Gasteiger partial charge in [0.2, 0.25) is 11.8 Å². The number of amides is 1. The number of nitrogen functional groups attached to an aromatic ring is 1. The fourth-order valence-electron chi connectivity index (χ4n) is 1.74. The van der Waals surface area contributed by atoms with Crippen LogP contribution in [0, 0.1) is 6.92 Å². The molecule has 0 aliphatic heterocycles. The standard InChI is InChI=1S/C15H19N3O2S/c1-9(2)12-7-15(20-18-12)17-14(19)8-21-13-5-4-10(3)6-11(13)16/h4-7,9H,8,16H2,1-3H3,(H,17,19). The first-order valence-electron chi connectivity index (χ1n) is 6.71. The van der Waals surface area contributed by atoms with Crippen LogP contribution in [-0.4, -0.2) is 16.8 Å². The minimum atomic E-state index is -0.147. The zero-order valence-electron chi connectivity index (χ0n) is 12.3. The monoisotopic (exact) mass is 305 g/mol. The van der Waals surface area contributed by atoms with Crippen LogP contribution in [0.3, 0.4) is 0 Å². The second-order valence-corrected chi connectivity index (χ2v) is 6.17. The summed E-state index contributed by atoms with van der Waals surface area (Å²) in [4.78, 5) is 12.8. The fraction of sp³-hybridized carbons (Fsp3) is 0.333. The number of hydrogen-bond acceptors (Lipinski definition) is 5. The molecule has 1 aromatic carbocycles. The Hall–Kier alpha value is -1.95. The molecule has 3 N–H and O–H groups in total. The van der Waals surface area contributed by atoms with E-state index in [1.54, 1.807) is 6.07 Å². The molecule has 1 amide bonds. The molecule has 0 saturated heterocycles. The molecule has 0 fully saturated rings. The van der Waals surface area contributed by atoms with Crippen LogP contribution in [0.1, 0.15) is 31.0 Å². The molecule has 0 bridgehead atoms. The van der Waals surface area contributed by atoms with Crippen molar-refractivity contribution in [1.29, 1.82) is 0 Å². The number of carbonyl (C=O) groups is 1. The average Bonchev–Trinajstić information content (AvgIpc) is 2.86. The van der Waals surface area contributed by atoms with Crippen LogP contribution in [-0.2, 0) is 4.79 Å². The van der Waals surface area contributed by atoms with Gasteiger partial charge in [-0.25, -0.2) is 0 Å². The molecule has 0 aliphatic carbocycles. The maximum atomic E-state index is 11.9. The fourth-order valence-corrected chi connectivity index (χ4v) is 2.48. The summed E-state index contributed by atoms with van der Waals surface area (Å²) in [7, 11) is 0. The highest BCUT2D eigenvalue weighted by Crippen LogP contribution is 2.26. The largest absolute Gasteiger partial charge is 0.398 e. The van der Waals surface area contributed by atoms with E-state index in [0.717, 1.165) is 16.2 Å². The Morgan fingerprint density at radius 1 is 1.43 bits per heavy atom. The van der Waals surface area contributed by atoms with Gasteiger partial charge in [-0.15, -0.1) is 11.8 Å². The van der Waals surface area contributed by atoms with E-state index in [2.05, 4.69) is 10.5 Å². The van der Waals surface area contributed by atoms with Gasteiger partial charge in [-0.05, 0) is 30.5 Å². The number of thioether (sulfide) groups is 1. The summed E-state index contributed by atoms with van der Waals surface area (Å²) in [6, 6.07) is 7.54. The molecule has 2 aromatic rings. The highest BCUT2D eigenvalue weighted by atomic mass is 32.2. The summed E-state index contributed by atoms with van der Waals surface area (Å²) in [6.07, 6.45) is 0. The van der Waals surface area contributed by atoms with Crippen LogP contribution >= 0.6 is 11.8 Å². The number of nitrogens with two attached hydrogens (primary N) is 1. The van der Waals surface area contributed by atoms with Crippen molar-refractivity contribution in [3.05, 3.63) is 35.5 Å². The maximum Gasteiger partial charge on any atom is 0.237 e. The Kier molecular flexibility index (Phi) is 4.90. The number of rotatable bonds is 5. The lowest BCUT2D eigenvalue weighted by molar-refractivity contribution is -0.113. The average molecular weight is 305 g/mol. The second-order valence-electron chi connectivity index (χ2n) is 5.15. The van der Waals surface area contributed by atoms with E-state index < -0.39 is 0 Å². The molecule has 1 aromatic heterocycles. The lowest BCUT2D eigenvalue weighted by Gasteiger charge is -2.06. The zero-order valence-corrected chi connectivity index (χ0v) is 13.2. The first-order valence-corrected chi connectivity index (χ1v) is 7.69. The third-order valence-corrected chi connectivity index (χ3v) is 4.00. The number of benzene rings is 1. The van der Waals surface area contributed by atoms with E-state index in [4.69, 9.17) is 10.3 Å². The van der Waals surface area contributed by atoms with Crippen molar-refractivity contribution in [1.82, 2.24) is 5.16 Å². The van der Waals surface area contributed by atoms with E-state index in [0.29, 0.717) is 11.6 Å². The van der Waals surface area contributed by atoms with Gasteiger partial charge in [0.05, 0.1) is 11.4 Å². The van der Waals surface area contributed by atoms with Crippen LogP contribution in [0.2, 0.25) is 0 Å². The Balaban J connectivity index is 1.89. The van der Waals surface area contributed by atoms with Gasteiger partial charge in [0.15, 0.2) is 0 Å². The molecule has 0 unspecified atom stereocenters. The number of hydrogen-bond donors (Lipinski definition) is 2. The molecule has 0 radical (unpaired) electrons. The van der Waals surface area contributed by atoms with Crippen molar-refractivity contribution in [2.24, 2.45) is 0 Å². The summed E-state index contributed by atoms with van der Waals surface area (Å²) in [6.45, 7) is 6.01. The second kappa shape index (κ2) is 6.67. The van der Waals surface area contributed by atoms with Gasteiger partial charge >= 0.3 is 0 Å². The third kappa shape index (κ3) is 4.26. The Morgan fingerprint density at radius 2 is 2.19 bits per heavy atom. The van der Waals surface area contributed by atoms with E-state index in [1.165, 1.54) is 11.8 Å². The lowest BCUT2D eigenvalue weighted by atomic mass is 10.1. The molecule has 1 heterocycles. The van der Waals surface area contributed by atoms with Gasteiger partial charge in [0, 0.05) is 16.6 Å². The van der Waals surface area contributed by atoms with Gasteiger partial charge in [0.25, 0.3) is 0 Å². The van der Waals surface area contributed by atoms with Crippen LogP contribution in [0.25, 0.3) is 0 Å². The first-order chi connectivity index (χ1) is 9.95. The summed E-state index contributed by atoms with van der Waals surface area (Å²) in [5.41, 5.74) is 8.53. The lowest BCUT2D eigenvalue weighted by Crippen LogP contribution is -2.13. The van der Waals surface area contributed by atoms with Gasteiger partial charge in [0.1, 0.15) is 0 Å². The van der Waals surface area contributed by atoms with Gasteiger partial charge in [-0.3, -0.25) is 10.1 Å². The predicted octanol–water partition coefficient (Wildman–Crippen LogP) is 3.42. The minimum absolute atomic E-state index is 0.147. The van der Waals surface area contributed by atoms with E-state index in [1.807, 2.05) is 39.0 Å². The number of carbonyl (C=O) groups excluding carboxylic acids is 1. The molecule has 0 spiro atoms. The van der Waals surface area contributed by atoms with Crippen molar-refractivity contribution in [3.8, 4) is 0 Å². The molecular weight excluding hydrogens is 286 g/mol. The van der Waals surface area contributed by atoms with E-state index >= 15 is 0 Å². The minimum Gasteiger partial charge on any atom is -0.398 e. The van der Waals surface area contributed by atoms with Crippen molar-refractivity contribution < 1.29 is 9.32 Å². The van der Waals surface area contributed by atoms with Crippen molar-refractivity contribution >= 4 is 29.2 Å². The zero-order chi connectivity index (χ0) is 15.4. The molecule has 6 heteroatoms. The van der Waals surface area contributed by atoms with Crippen molar-refractivity contribution in [2.45, 2.75) is 31.6 Å². The Morgan fingerprint density at radius 3 is 2.81 bits per heavy atom. The maximum absolute atomic E-state index is 11.9. The number of aryl methyl sites for hydroxylation is 1. The van der Waals surface area contributed by atoms with Crippen molar-refractivity contribution in [3.63, 3.8) is 0 Å². The predicted molar refractivity (Wildman–Crippen MR) is 85.5 cm³/mol. The Bertz CT molecular complexity index is 638. The van der Waals surface area contributed by atoms with Gasteiger partial charge in [-0.2, -0.15) is 0 Å².